The molecule has 1 fully saturated rings. The molecule has 1 saturated heterocycles. The molecule has 4 aromatic carbocycles. The zero-order valence-electron chi connectivity index (χ0n) is 27.0. The second kappa shape index (κ2) is 13.1. The standard InChI is InChI=1S/C39H36IN3O5/c1-23(2)48-36-33(40)19-24(20-34(36)47-3)18-32-37(44)41-39(46)43(38(32)45)27-21-30-28(25-10-6-4-7-11-25)14-16-42-17-15-29(31(22-27)35(30)42)26-12-8-5-9-13-26/h4-13,18-23,28-29H,14-17H2,1-3H3,(H,41,44,46)/b32-18+/t28-,29+. The second-order valence-corrected chi connectivity index (χ2v) is 13.8. The molecule has 244 valence electrons. The van der Waals surface area contributed by atoms with Crippen LogP contribution in [0.5, 0.6) is 11.5 Å². The van der Waals surface area contributed by atoms with Gasteiger partial charge in [-0.25, -0.2) is 9.69 Å². The molecule has 4 aromatic rings. The SMILES string of the molecule is COc1cc(/C=C2\C(=O)NC(=O)N(c3cc4c5c(c3)[C@H](c3ccccc3)CCN5CC[C@@H]4c3ccccc3)C2=O)cc(I)c1OC(C)C. The summed E-state index contributed by atoms with van der Waals surface area (Å²) in [6.07, 6.45) is 3.26. The Kier molecular flexibility index (Phi) is 8.72. The van der Waals surface area contributed by atoms with Crippen LogP contribution in [0.1, 0.15) is 66.3 Å². The van der Waals surface area contributed by atoms with Gasteiger partial charge >= 0.3 is 6.03 Å². The van der Waals surface area contributed by atoms with E-state index in [1.807, 2.05) is 68.4 Å². The fraction of sp³-hybridized carbons (Fsp3) is 0.256. The van der Waals surface area contributed by atoms with Crippen LogP contribution in [0.2, 0.25) is 0 Å². The number of urea groups is 1. The van der Waals surface area contributed by atoms with Crippen molar-refractivity contribution in [3.05, 3.63) is 122 Å². The van der Waals surface area contributed by atoms with Gasteiger partial charge < -0.3 is 14.4 Å². The van der Waals surface area contributed by atoms with Crippen LogP contribution in [0.15, 0.2) is 90.5 Å². The molecule has 3 heterocycles. The van der Waals surface area contributed by atoms with E-state index >= 15 is 0 Å². The number of nitrogens with zero attached hydrogens (tertiary/aromatic N) is 2. The van der Waals surface area contributed by atoms with E-state index in [0.717, 1.165) is 45.5 Å². The summed E-state index contributed by atoms with van der Waals surface area (Å²) in [6, 6.07) is 27.5. The lowest BCUT2D eigenvalue weighted by Gasteiger charge is -2.44. The molecule has 0 bridgehead atoms. The topological polar surface area (TPSA) is 88.2 Å². The Balaban J connectivity index is 1.35. The van der Waals surface area contributed by atoms with E-state index in [1.54, 1.807) is 13.2 Å². The van der Waals surface area contributed by atoms with Gasteiger partial charge in [-0.05, 0) is 107 Å². The molecule has 0 aliphatic carbocycles. The highest BCUT2D eigenvalue weighted by Crippen LogP contribution is 2.50. The summed E-state index contributed by atoms with van der Waals surface area (Å²) in [5.41, 5.74) is 6.62. The lowest BCUT2D eigenvalue weighted by Crippen LogP contribution is -2.54. The number of hydrogen-bond acceptors (Lipinski definition) is 6. The summed E-state index contributed by atoms with van der Waals surface area (Å²) in [5, 5.41) is 2.43. The summed E-state index contributed by atoms with van der Waals surface area (Å²) < 4.78 is 12.3. The maximum absolute atomic E-state index is 14.3. The maximum Gasteiger partial charge on any atom is 0.335 e. The Morgan fingerprint density at radius 3 is 1.98 bits per heavy atom. The van der Waals surface area contributed by atoms with Crippen molar-refractivity contribution in [1.29, 1.82) is 0 Å². The number of carbonyl (C=O) groups excluding carboxylic acids is 3. The molecule has 8 nitrogen and oxygen atoms in total. The highest BCUT2D eigenvalue weighted by molar-refractivity contribution is 14.1. The molecule has 0 aromatic heterocycles. The fourth-order valence-electron chi connectivity index (χ4n) is 7.20. The molecular weight excluding hydrogens is 717 g/mol. The lowest BCUT2D eigenvalue weighted by atomic mass is 9.76. The smallest absolute Gasteiger partial charge is 0.335 e. The van der Waals surface area contributed by atoms with Crippen LogP contribution in [-0.2, 0) is 9.59 Å². The monoisotopic (exact) mass is 753 g/mol. The Morgan fingerprint density at radius 2 is 1.44 bits per heavy atom. The molecule has 1 N–H and O–H groups in total. The summed E-state index contributed by atoms with van der Waals surface area (Å²) >= 11 is 2.15. The minimum Gasteiger partial charge on any atom is -0.493 e. The average Bonchev–Trinajstić information content (AvgIpc) is 3.08. The van der Waals surface area contributed by atoms with Crippen LogP contribution in [0.25, 0.3) is 6.08 Å². The minimum atomic E-state index is -0.766. The van der Waals surface area contributed by atoms with Gasteiger partial charge in [-0.1, -0.05) is 60.7 Å². The van der Waals surface area contributed by atoms with Gasteiger partial charge in [0.05, 0.1) is 22.5 Å². The number of carbonyl (C=O) groups is 3. The average molecular weight is 754 g/mol. The van der Waals surface area contributed by atoms with E-state index < -0.39 is 17.8 Å². The first kappa shape index (κ1) is 31.9. The third-order valence-corrected chi connectivity index (χ3v) is 10.1. The Hall–Kier alpha value is -4.64. The number of rotatable bonds is 7. The van der Waals surface area contributed by atoms with E-state index in [2.05, 4.69) is 57.1 Å². The van der Waals surface area contributed by atoms with Crippen molar-refractivity contribution < 1.29 is 23.9 Å². The number of halogens is 1. The Bertz CT molecular complexity index is 1870. The normalized spacial score (nSPS) is 19.8. The number of nitrogens with one attached hydrogen (secondary N) is 1. The van der Waals surface area contributed by atoms with E-state index in [4.69, 9.17) is 9.47 Å². The molecule has 4 amide bonds. The molecule has 48 heavy (non-hydrogen) atoms. The zero-order chi connectivity index (χ0) is 33.5. The molecule has 0 radical (unpaired) electrons. The van der Waals surface area contributed by atoms with Crippen molar-refractivity contribution in [2.24, 2.45) is 0 Å². The number of ether oxygens (including phenoxy) is 2. The van der Waals surface area contributed by atoms with Crippen molar-refractivity contribution in [2.75, 3.05) is 30.0 Å². The quantitative estimate of drug-likeness (QED) is 0.119. The van der Waals surface area contributed by atoms with Gasteiger partial charge in [0.15, 0.2) is 11.5 Å². The highest BCUT2D eigenvalue weighted by Gasteiger charge is 2.40. The van der Waals surface area contributed by atoms with Crippen molar-refractivity contribution in [2.45, 2.75) is 44.6 Å². The van der Waals surface area contributed by atoms with Crippen molar-refractivity contribution in [3.63, 3.8) is 0 Å². The molecule has 0 saturated carbocycles. The van der Waals surface area contributed by atoms with Gasteiger partial charge in [-0.3, -0.25) is 14.9 Å². The number of benzene rings is 4. The fourth-order valence-corrected chi connectivity index (χ4v) is 7.95. The van der Waals surface area contributed by atoms with Gasteiger partial charge in [-0.15, -0.1) is 0 Å². The molecule has 3 aliphatic heterocycles. The molecule has 0 unspecified atom stereocenters. The van der Waals surface area contributed by atoms with E-state index in [9.17, 15) is 14.4 Å². The van der Waals surface area contributed by atoms with Crippen LogP contribution < -0.4 is 24.6 Å². The second-order valence-electron chi connectivity index (χ2n) is 12.6. The molecule has 9 heteroatoms. The number of barbiturate groups is 1. The van der Waals surface area contributed by atoms with Crippen LogP contribution >= 0.6 is 22.6 Å². The number of methoxy groups -OCH3 is 1. The summed E-state index contributed by atoms with van der Waals surface area (Å²) in [4.78, 5) is 44.6. The van der Waals surface area contributed by atoms with Gasteiger partial charge in [0, 0.05) is 30.6 Å². The number of hydrogen-bond donors (Lipinski definition) is 1. The third-order valence-electron chi connectivity index (χ3n) is 9.28. The molecule has 0 spiro atoms. The van der Waals surface area contributed by atoms with E-state index in [-0.39, 0.29) is 23.5 Å². The third kappa shape index (κ3) is 5.85. The molecule has 3 aliphatic rings. The number of imide groups is 2. The largest absolute Gasteiger partial charge is 0.493 e. The first-order valence-corrected chi connectivity index (χ1v) is 17.3. The maximum atomic E-state index is 14.3. The van der Waals surface area contributed by atoms with E-state index in [1.165, 1.54) is 22.9 Å². The van der Waals surface area contributed by atoms with Gasteiger partial charge in [-0.2, -0.15) is 0 Å². The summed E-state index contributed by atoms with van der Waals surface area (Å²) in [5.74, 6) is -0.172. The highest BCUT2D eigenvalue weighted by atomic mass is 127. The molecule has 2 atom stereocenters. The predicted molar refractivity (Wildman–Crippen MR) is 195 cm³/mol. The molecule has 7 rings (SSSR count). The van der Waals surface area contributed by atoms with Gasteiger partial charge in [0.25, 0.3) is 11.8 Å². The summed E-state index contributed by atoms with van der Waals surface area (Å²) in [7, 11) is 1.55. The molecular formula is C39H36IN3O5. The van der Waals surface area contributed by atoms with Crippen LogP contribution in [-0.4, -0.2) is 44.1 Å². The van der Waals surface area contributed by atoms with Crippen LogP contribution in [0.3, 0.4) is 0 Å². The summed E-state index contributed by atoms with van der Waals surface area (Å²) in [6.45, 7) is 5.71. The van der Waals surface area contributed by atoms with Gasteiger partial charge in [0.2, 0.25) is 0 Å². The Labute approximate surface area is 293 Å². The van der Waals surface area contributed by atoms with E-state index in [0.29, 0.717) is 22.7 Å². The number of anilines is 2. The van der Waals surface area contributed by atoms with Crippen molar-refractivity contribution >= 4 is 57.9 Å². The van der Waals surface area contributed by atoms with Crippen LogP contribution in [0.4, 0.5) is 16.2 Å². The van der Waals surface area contributed by atoms with Crippen LogP contribution in [0, 0.1) is 3.57 Å². The van der Waals surface area contributed by atoms with Gasteiger partial charge in [0.1, 0.15) is 5.57 Å². The minimum absolute atomic E-state index is 0.0706. The Morgan fingerprint density at radius 1 is 0.854 bits per heavy atom. The zero-order valence-corrected chi connectivity index (χ0v) is 29.2. The predicted octanol–water partition coefficient (Wildman–Crippen LogP) is 7.63. The first-order valence-electron chi connectivity index (χ1n) is 16.2. The van der Waals surface area contributed by atoms with Crippen molar-refractivity contribution in [3.8, 4) is 11.5 Å². The number of amides is 4. The lowest BCUT2D eigenvalue weighted by molar-refractivity contribution is -0.122. The van der Waals surface area contributed by atoms with Crippen molar-refractivity contribution in [1.82, 2.24) is 5.32 Å². The first-order chi connectivity index (χ1) is 23.2.